The monoisotopic (exact) mass is 595 g/mol. The molecule has 0 aliphatic heterocycles. The predicted molar refractivity (Wildman–Crippen MR) is 155 cm³/mol. The van der Waals surface area contributed by atoms with Crippen LogP contribution in [0.3, 0.4) is 0 Å². The second-order valence-corrected chi connectivity index (χ2v) is 17.3. The Morgan fingerprint density at radius 1 is 1.18 bits per heavy atom. The zero-order valence-electron chi connectivity index (χ0n) is 23.8. The van der Waals surface area contributed by atoms with Gasteiger partial charge in [0.05, 0.1) is 10.4 Å². The fraction of sp³-hybridized carbons (Fsp3) is 0.444. The molecule has 2 heterocycles. The Balaban J connectivity index is 1.77. The van der Waals surface area contributed by atoms with Crippen LogP contribution in [0.1, 0.15) is 13.8 Å². The molecular weight excluding hydrogens is 560 g/mol. The summed E-state index contributed by atoms with van der Waals surface area (Å²) in [5.41, 5.74) is 0.289. The molecule has 0 saturated heterocycles. The van der Waals surface area contributed by atoms with Crippen molar-refractivity contribution in [1.82, 2.24) is 19.8 Å². The lowest BCUT2D eigenvalue weighted by Crippen LogP contribution is -2.50. The van der Waals surface area contributed by atoms with Gasteiger partial charge in [-0.25, -0.2) is 18.6 Å². The van der Waals surface area contributed by atoms with Crippen molar-refractivity contribution in [3.63, 3.8) is 0 Å². The Labute approximate surface area is 238 Å². The van der Waals surface area contributed by atoms with Gasteiger partial charge in [0, 0.05) is 59.0 Å². The maximum atomic E-state index is 15.0. The first kappa shape index (κ1) is 31.3. The number of rotatable bonds is 11. The minimum atomic E-state index is -1.25. The van der Waals surface area contributed by atoms with Gasteiger partial charge in [-0.15, -0.1) is 0 Å². The number of carbonyl (C=O) groups excluding carboxylic acids is 2. The van der Waals surface area contributed by atoms with Gasteiger partial charge in [0.2, 0.25) is 5.91 Å². The number of pyridine rings is 1. The molecule has 0 aliphatic carbocycles. The molecule has 1 aromatic carbocycles. The maximum absolute atomic E-state index is 15.0. The Hall–Kier alpha value is -3.22. The summed E-state index contributed by atoms with van der Waals surface area (Å²) in [5.74, 6) is -3.17. The molecule has 2 aromatic heterocycles. The average Bonchev–Trinajstić information content (AvgIpc) is 3.17. The number of hydrogen-bond acceptors (Lipinski definition) is 5. The van der Waals surface area contributed by atoms with Crippen LogP contribution in [-0.2, 0) is 16.3 Å². The number of likely N-dealkylation sites (N-methyl/N-ethyl adjacent to an activating group) is 1. The van der Waals surface area contributed by atoms with E-state index in [0.29, 0.717) is 17.6 Å². The molecule has 0 unspecified atom stereocenters. The third kappa shape index (κ3) is 7.92. The lowest BCUT2D eigenvalue weighted by molar-refractivity contribution is -0.131. The van der Waals surface area contributed by atoms with E-state index in [1.54, 1.807) is 38.7 Å². The fourth-order valence-electron chi connectivity index (χ4n) is 3.80. The molecule has 3 rings (SSSR count). The molecule has 0 spiro atoms. The van der Waals surface area contributed by atoms with Crippen molar-refractivity contribution in [3.8, 4) is 11.5 Å². The van der Waals surface area contributed by atoms with E-state index >= 15 is 8.78 Å². The lowest BCUT2D eigenvalue weighted by atomic mass is 10.0. The molecule has 0 saturated carbocycles. The molecule has 9 nitrogen and oxygen atoms in total. The van der Waals surface area contributed by atoms with E-state index in [1.807, 2.05) is 0 Å². The van der Waals surface area contributed by atoms with Gasteiger partial charge < -0.3 is 29.6 Å². The number of urea groups is 1. The number of benzene rings is 1. The third-order valence-corrected chi connectivity index (χ3v) is 8.02. The molecule has 3 aromatic rings. The molecule has 13 heteroatoms. The van der Waals surface area contributed by atoms with Crippen LogP contribution < -0.4 is 15.4 Å². The van der Waals surface area contributed by atoms with E-state index in [-0.39, 0.29) is 35.0 Å². The minimum Gasteiger partial charge on any atom is -0.450 e. The van der Waals surface area contributed by atoms with Gasteiger partial charge in [-0.05, 0) is 18.0 Å². The van der Waals surface area contributed by atoms with Crippen molar-refractivity contribution in [2.24, 2.45) is 5.92 Å². The number of halogens is 3. The van der Waals surface area contributed by atoms with Crippen LogP contribution in [-0.4, -0.2) is 61.2 Å². The number of carbonyl (C=O) groups is 2. The van der Waals surface area contributed by atoms with Crippen molar-refractivity contribution in [2.75, 3.05) is 26.0 Å². The van der Waals surface area contributed by atoms with Gasteiger partial charge in [-0.3, -0.25) is 4.79 Å². The van der Waals surface area contributed by atoms with E-state index < -0.39 is 37.5 Å². The number of nitrogens with one attached hydrogen (secondary N) is 2. The highest BCUT2D eigenvalue weighted by Gasteiger charge is 2.26. The van der Waals surface area contributed by atoms with Crippen LogP contribution in [0.25, 0.3) is 11.0 Å². The summed E-state index contributed by atoms with van der Waals surface area (Å²) in [5, 5.41) is 5.58. The summed E-state index contributed by atoms with van der Waals surface area (Å²) >= 11 is 6.44. The van der Waals surface area contributed by atoms with Crippen LogP contribution in [0.15, 0.2) is 30.6 Å². The molecule has 3 amide bonds. The highest BCUT2D eigenvalue weighted by molar-refractivity contribution is 6.76. The number of anilines is 1. The minimum absolute atomic E-state index is 0.106. The zero-order chi connectivity index (χ0) is 29.8. The maximum Gasteiger partial charge on any atom is 0.319 e. The van der Waals surface area contributed by atoms with Gasteiger partial charge in [-0.2, -0.15) is 0 Å². The standard InChI is InChI=1S/C27H36ClF2N5O4Si/c1-16(2)23(26(36)34(3)4)33-27(37)32-17-12-19(29)24(20(30)13-17)39-21-8-9-31-25-22(21)18(28)14-35(25)15-38-10-11-40(5,6)7/h8-9,12-14,16,23H,10-11,15H2,1-7H3,(H2,32,33,37)/t23-/m0/s1. The summed E-state index contributed by atoms with van der Waals surface area (Å²) in [6.07, 6.45) is 3.08. The molecule has 1 atom stereocenters. The molecule has 2 N–H and O–H groups in total. The van der Waals surface area contributed by atoms with E-state index in [9.17, 15) is 9.59 Å². The SMILES string of the molecule is CC(C)[C@H](NC(=O)Nc1cc(F)c(Oc2ccnc3c2c(Cl)cn3COCC[Si](C)(C)C)c(F)c1)C(=O)N(C)C. The number of fused-ring (bicyclic) bond motifs is 1. The van der Waals surface area contributed by atoms with Crippen molar-refractivity contribution in [2.45, 2.75) is 52.3 Å². The van der Waals surface area contributed by atoms with E-state index in [0.717, 1.165) is 18.2 Å². The Kier molecular flexibility index (Phi) is 10.1. The number of amides is 3. The Morgan fingerprint density at radius 3 is 2.40 bits per heavy atom. The largest absolute Gasteiger partial charge is 0.450 e. The first-order valence-corrected chi connectivity index (χ1v) is 16.9. The van der Waals surface area contributed by atoms with Gasteiger partial charge in [-0.1, -0.05) is 45.1 Å². The topological polar surface area (TPSA) is 97.7 Å². The van der Waals surface area contributed by atoms with Gasteiger partial charge >= 0.3 is 6.03 Å². The van der Waals surface area contributed by atoms with Crippen LogP contribution in [0, 0.1) is 17.6 Å². The number of hydrogen-bond donors (Lipinski definition) is 2. The summed E-state index contributed by atoms with van der Waals surface area (Å²) < 4.78 is 43.2. The number of nitrogens with zero attached hydrogens (tertiary/aromatic N) is 3. The smallest absolute Gasteiger partial charge is 0.319 e. The molecular formula is C27H36ClF2N5O4Si. The third-order valence-electron chi connectivity index (χ3n) is 6.03. The fourth-order valence-corrected chi connectivity index (χ4v) is 4.85. The van der Waals surface area contributed by atoms with Crippen LogP contribution >= 0.6 is 11.6 Å². The normalized spacial score (nSPS) is 12.5. The molecule has 40 heavy (non-hydrogen) atoms. The lowest BCUT2D eigenvalue weighted by Gasteiger charge is -2.24. The van der Waals surface area contributed by atoms with E-state index in [4.69, 9.17) is 21.1 Å². The van der Waals surface area contributed by atoms with Crippen LogP contribution in [0.5, 0.6) is 11.5 Å². The second kappa shape index (κ2) is 13.0. The summed E-state index contributed by atoms with van der Waals surface area (Å²) in [7, 11) is 1.89. The molecule has 0 bridgehead atoms. The summed E-state index contributed by atoms with van der Waals surface area (Å²) in [6.45, 7) is 11.1. The van der Waals surface area contributed by atoms with Crippen LogP contribution in [0.2, 0.25) is 30.7 Å². The number of ether oxygens (including phenoxy) is 2. The van der Waals surface area contributed by atoms with Crippen molar-refractivity contribution < 1.29 is 27.8 Å². The Morgan fingerprint density at radius 2 is 1.82 bits per heavy atom. The number of aromatic nitrogens is 2. The zero-order valence-corrected chi connectivity index (χ0v) is 25.5. The summed E-state index contributed by atoms with van der Waals surface area (Å²) in [4.78, 5) is 30.5. The van der Waals surface area contributed by atoms with Gasteiger partial charge in [0.25, 0.3) is 0 Å². The second-order valence-electron chi connectivity index (χ2n) is 11.2. The van der Waals surface area contributed by atoms with Crippen LogP contribution in [0.4, 0.5) is 19.3 Å². The highest BCUT2D eigenvalue weighted by Crippen LogP contribution is 2.37. The van der Waals surface area contributed by atoms with Crippen molar-refractivity contribution in [3.05, 3.63) is 47.2 Å². The molecule has 0 radical (unpaired) electrons. The predicted octanol–water partition coefficient (Wildman–Crippen LogP) is 6.31. The molecule has 218 valence electrons. The van der Waals surface area contributed by atoms with Gasteiger partial charge in [0.15, 0.2) is 17.4 Å². The van der Waals surface area contributed by atoms with Crippen molar-refractivity contribution in [1.29, 1.82) is 0 Å². The highest BCUT2D eigenvalue weighted by atomic mass is 35.5. The van der Waals surface area contributed by atoms with Gasteiger partial charge in [0.1, 0.15) is 24.2 Å². The quantitative estimate of drug-likeness (QED) is 0.200. The van der Waals surface area contributed by atoms with E-state index in [2.05, 4.69) is 35.3 Å². The van der Waals surface area contributed by atoms with E-state index in [1.165, 1.54) is 17.2 Å². The Bertz CT molecular complexity index is 1350. The summed E-state index contributed by atoms with van der Waals surface area (Å²) in [6, 6.07) is 2.71. The molecule has 0 fully saturated rings. The average molecular weight is 596 g/mol. The van der Waals surface area contributed by atoms with Crippen molar-refractivity contribution >= 4 is 48.3 Å². The first-order valence-electron chi connectivity index (χ1n) is 12.8. The molecule has 0 aliphatic rings. The first-order chi connectivity index (χ1) is 18.7.